The predicted octanol–water partition coefficient (Wildman–Crippen LogP) is 1.54. The molecular formula is C16H28N4O. The molecule has 5 heteroatoms. The minimum atomic E-state index is 0.218. The summed E-state index contributed by atoms with van der Waals surface area (Å²) in [5.41, 5.74) is 1.13. The second kappa shape index (κ2) is 7.38. The van der Waals surface area contributed by atoms with Crippen molar-refractivity contribution in [1.82, 2.24) is 20.0 Å². The van der Waals surface area contributed by atoms with Crippen LogP contribution in [0, 0.1) is 0 Å². The summed E-state index contributed by atoms with van der Waals surface area (Å²) in [7, 11) is 0. The Morgan fingerprint density at radius 3 is 2.86 bits per heavy atom. The summed E-state index contributed by atoms with van der Waals surface area (Å²) < 4.78 is 2.16. The van der Waals surface area contributed by atoms with Gasteiger partial charge in [0.15, 0.2) is 0 Å². The fourth-order valence-electron chi connectivity index (χ4n) is 3.66. The van der Waals surface area contributed by atoms with E-state index >= 15 is 0 Å². The molecule has 0 amide bonds. The van der Waals surface area contributed by atoms with E-state index in [-0.39, 0.29) is 6.61 Å². The third kappa shape index (κ3) is 4.05. The van der Waals surface area contributed by atoms with Crippen molar-refractivity contribution in [3.05, 3.63) is 18.0 Å². The van der Waals surface area contributed by atoms with E-state index in [0.29, 0.717) is 12.1 Å². The molecule has 2 heterocycles. The van der Waals surface area contributed by atoms with Gasteiger partial charge < -0.3 is 10.4 Å². The first-order valence-corrected chi connectivity index (χ1v) is 8.46. The van der Waals surface area contributed by atoms with E-state index in [1.165, 1.54) is 38.5 Å². The van der Waals surface area contributed by atoms with Gasteiger partial charge in [-0.3, -0.25) is 9.58 Å². The van der Waals surface area contributed by atoms with Crippen molar-refractivity contribution >= 4 is 0 Å². The monoisotopic (exact) mass is 292 g/mol. The topological polar surface area (TPSA) is 53.3 Å². The second-order valence-electron chi connectivity index (χ2n) is 6.48. The molecular weight excluding hydrogens is 264 g/mol. The van der Waals surface area contributed by atoms with Crippen LogP contribution in [0.3, 0.4) is 0 Å². The van der Waals surface area contributed by atoms with Gasteiger partial charge in [-0.25, -0.2) is 0 Å². The maximum absolute atomic E-state index is 9.28. The van der Waals surface area contributed by atoms with Crippen molar-refractivity contribution in [2.45, 2.75) is 57.2 Å². The lowest BCUT2D eigenvalue weighted by Gasteiger charge is -2.24. The third-order valence-corrected chi connectivity index (χ3v) is 4.81. The van der Waals surface area contributed by atoms with E-state index in [1.807, 2.05) is 0 Å². The molecule has 2 aliphatic rings. The van der Waals surface area contributed by atoms with E-state index < -0.39 is 0 Å². The maximum atomic E-state index is 9.28. The predicted molar refractivity (Wildman–Crippen MR) is 83.1 cm³/mol. The first kappa shape index (κ1) is 15.0. The zero-order chi connectivity index (χ0) is 14.5. The number of aliphatic hydroxyl groups is 1. The molecule has 1 saturated carbocycles. The quantitative estimate of drug-likeness (QED) is 0.800. The fraction of sp³-hybridized carbons (Fsp3) is 0.812. The van der Waals surface area contributed by atoms with Gasteiger partial charge in [0.25, 0.3) is 0 Å². The molecule has 21 heavy (non-hydrogen) atoms. The minimum absolute atomic E-state index is 0.218. The largest absolute Gasteiger partial charge is 0.395 e. The molecule has 3 rings (SSSR count). The summed E-state index contributed by atoms with van der Waals surface area (Å²) >= 11 is 0. The minimum Gasteiger partial charge on any atom is -0.395 e. The molecule has 0 aromatic carbocycles. The van der Waals surface area contributed by atoms with Crippen molar-refractivity contribution in [2.24, 2.45) is 0 Å². The number of rotatable bonds is 7. The van der Waals surface area contributed by atoms with Gasteiger partial charge in [0.05, 0.1) is 18.3 Å². The van der Waals surface area contributed by atoms with Crippen LogP contribution in [-0.4, -0.2) is 52.1 Å². The zero-order valence-electron chi connectivity index (χ0n) is 12.9. The average molecular weight is 292 g/mol. The van der Waals surface area contributed by atoms with E-state index in [9.17, 15) is 5.11 Å². The molecule has 1 saturated heterocycles. The molecule has 0 bridgehead atoms. The summed E-state index contributed by atoms with van der Waals surface area (Å²) in [4.78, 5) is 2.32. The lowest BCUT2D eigenvalue weighted by Crippen LogP contribution is -2.38. The summed E-state index contributed by atoms with van der Waals surface area (Å²) in [6.07, 6.45) is 9.87. The number of hydrogen-bond acceptors (Lipinski definition) is 4. The third-order valence-electron chi connectivity index (χ3n) is 4.81. The van der Waals surface area contributed by atoms with E-state index in [2.05, 4.69) is 27.2 Å². The molecule has 1 unspecified atom stereocenters. The van der Waals surface area contributed by atoms with Gasteiger partial charge in [-0.05, 0) is 38.3 Å². The lowest BCUT2D eigenvalue weighted by molar-refractivity contribution is 0.177. The fourth-order valence-corrected chi connectivity index (χ4v) is 3.66. The SMILES string of the molecule is OCCN(Cc1ccn(C2CCCC2)n1)CC1CCCN1. The van der Waals surface area contributed by atoms with Crippen LogP contribution in [0.2, 0.25) is 0 Å². The summed E-state index contributed by atoms with van der Waals surface area (Å²) in [6, 6.07) is 3.33. The van der Waals surface area contributed by atoms with Crippen LogP contribution in [0.4, 0.5) is 0 Å². The first-order valence-electron chi connectivity index (χ1n) is 8.46. The standard InChI is InChI=1S/C16H28N4O/c21-11-10-19(12-14-4-3-8-17-14)13-15-7-9-20(18-15)16-5-1-2-6-16/h7,9,14,16-17,21H,1-6,8,10-13H2. The Morgan fingerprint density at radius 1 is 1.29 bits per heavy atom. The van der Waals surface area contributed by atoms with Gasteiger partial charge in [0, 0.05) is 31.9 Å². The number of aromatic nitrogens is 2. The van der Waals surface area contributed by atoms with Crippen LogP contribution in [-0.2, 0) is 6.54 Å². The van der Waals surface area contributed by atoms with Crippen LogP contribution in [0.1, 0.15) is 50.3 Å². The Morgan fingerprint density at radius 2 is 2.14 bits per heavy atom. The number of nitrogens with one attached hydrogen (secondary N) is 1. The second-order valence-corrected chi connectivity index (χ2v) is 6.48. The highest BCUT2D eigenvalue weighted by molar-refractivity contribution is 5.00. The highest BCUT2D eigenvalue weighted by atomic mass is 16.3. The maximum Gasteiger partial charge on any atom is 0.0764 e. The number of hydrogen-bond donors (Lipinski definition) is 2. The molecule has 2 N–H and O–H groups in total. The lowest BCUT2D eigenvalue weighted by atomic mass is 10.2. The molecule has 1 atom stereocenters. The molecule has 118 valence electrons. The van der Waals surface area contributed by atoms with Crippen LogP contribution in [0.15, 0.2) is 12.3 Å². The van der Waals surface area contributed by atoms with Gasteiger partial charge in [0.1, 0.15) is 0 Å². The number of aliphatic hydroxyl groups excluding tert-OH is 1. The van der Waals surface area contributed by atoms with Gasteiger partial charge in [0.2, 0.25) is 0 Å². The van der Waals surface area contributed by atoms with E-state index in [4.69, 9.17) is 5.10 Å². The Kier molecular flexibility index (Phi) is 5.27. The smallest absolute Gasteiger partial charge is 0.0764 e. The molecule has 1 aliphatic heterocycles. The summed E-state index contributed by atoms with van der Waals surface area (Å²) in [6.45, 7) is 3.94. The number of nitrogens with zero attached hydrogens (tertiary/aromatic N) is 3. The zero-order valence-corrected chi connectivity index (χ0v) is 12.9. The van der Waals surface area contributed by atoms with Crippen LogP contribution in [0.5, 0.6) is 0 Å². The Labute approximate surface area is 127 Å². The highest BCUT2D eigenvalue weighted by Crippen LogP contribution is 2.28. The van der Waals surface area contributed by atoms with Crippen LogP contribution >= 0.6 is 0 Å². The van der Waals surface area contributed by atoms with Crippen molar-refractivity contribution in [2.75, 3.05) is 26.2 Å². The highest BCUT2D eigenvalue weighted by Gasteiger charge is 2.20. The molecule has 1 aromatic heterocycles. The molecule has 1 aromatic rings. The molecule has 0 radical (unpaired) electrons. The van der Waals surface area contributed by atoms with Crippen molar-refractivity contribution < 1.29 is 5.11 Å². The normalized spacial score (nSPS) is 23.4. The Bertz CT molecular complexity index is 422. The van der Waals surface area contributed by atoms with Gasteiger partial charge in [-0.2, -0.15) is 5.10 Å². The van der Waals surface area contributed by atoms with Crippen LogP contribution in [0.25, 0.3) is 0 Å². The molecule has 5 nitrogen and oxygen atoms in total. The Balaban J connectivity index is 1.56. The van der Waals surface area contributed by atoms with Gasteiger partial charge in [-0.15, -0.1) is 0 Å². The van der Waals surface area contributed by atoms with E-state index in [1.54, 1.807) is 0 Å². The molecule has 2 fully saturated rings. The van der Waals surface area contributed by atoms with Crippen molar-refractivity contribution in [1.29, 1.82) is 0 Å². The average Bonchev–Trinajstić information content (AvgIpc) is 3.21. The van der Waals surface area contributed by atoms with Crippen LogP contribution < -0.4 is 5.32 Å². The summed E-state index contributed by atoms with van der Waals surface area (Å²) in [5.74, 6) is 0. The van der Waals surface area contributed by atoms with Gasteiger partial charge in [-0.1, -0.05) is 12.8 Å². The van der Waals surface area contributed by atoms with Crippen molar-refractivity contribution in [3.8, 4) is 0 Å². The van der Waals surface area contributed by atoms with Gasteiger partial charge >= 0.3 is 0 Å². The first-order chi connectivity index (χ1) is 10.3. The van der Waals surface area contributed by atoms with E-state index in [0.717, 1.165) is 31.9 Å². The van der Waals surface area contributed by atoms with Crippen molar-refractivity contribution in [3.63, 3.8) is 0 Å². The molecule has 1 aliphatic carbocycles. The summed E-state index contributed by atoms with van der Waals surface area (Å²) in [5, 5.41) is 17.6. The Hall–Kier alpha value is -0.910. The molecule has 0 spiro atoms.